The molecule has 2 aromatic rings. The molecule has 0 bridgehead atoms. The van der Waals surface area contributed by atoms with Gasteiger partial charge in [-0.3, -0.25) is 10.1 Å². The van der Waals surface area contributed by atoms with E-state index < -0.39 is 0 Å². The van der Waals surface area contributed by atoms with Gasteiger partial charge in [-0.25, -0.2) is 0 Å². The standard InChI is InChI=1S/C13H17N5/c1-17-4-6-18(7-5-17)12-8-11(9-14-10-12)13-2-3-15-16-13/h2-3,8-10H,4-7H2,1H3,(H,15,16). The molecule has 5 heteroatoms. The van der Waals surface area contributed by atoms with Gasteiger partial charge in [0.1, 0.15) is 0 Å². The Morgan fingerprint density at radius 2 is 2.00 bits per heavy atom. The van der Waals surface area contributed by atoms with Crippen molar-refractivity contribution in [3.63, 3.8) is 0 Å². The number of H-pyrrole nitrogens is 1. The SMILES string of the molecule is CN1CCN(c2cncc(-c3ccn[nH]3)c2)CC1. The van der Waals surface area contributed by atoms with E-state index in [4.69, 9.17) is 0 Å². The highest BCUT2D eigenvalue weighted by Gasteiger charge is 2.15. The lowest BCUT2D eigenvalue weighted by Gasteiger charge is -2.33. The summed E-state index contributed by atoms with van der Waals surface area (Å²) in [6, 6.07) is 4.14. The number of hydrogen-bond acceptors (Lipinski definition) is 4. The molecule has 1 N–H and O–H groups in total. The van der Waals surface area contributed by atoms with Gasteiger partial charge in [-0.2, -0.15) is 5.10 Å². The number of aromatic nitrogens is 3. The van der Waals surface area contributed by atoms with E-state index in [9.17, 15) is 0 Å². The summed E-state index contributed by atoms with van der Waals surface area (Å²) in [4.78, 5) is 9.06. The molecule has 94 valence electrons. The molecular formula is C13H17N5. The van der Waals surface area contributed by atoms with E-state index in [-0.39, 0.29) is 0 Å². The first-order valence-corrected chi connectivity index (χ1v) is 6.21. The maximum absolute atomic E-state index is 4.33. The summed E-state index contributed by atoms with van der Waals surface area (Å²) >= 11 is 0. The van der Waals surface area contributed by atoms with Crippen molar-refractivity contribution >= 4 is 5.69 Å². The molecule has 0 saturated carbocycles. The Labute approximate surface area is 106 Å². The van der Waals surface area contributed by atoms with E-state index in [0.717, 1.165) is 37.4 Å². The normalized spacial score (nSPS) is 17.1. The lowest BCUT2D eigenvalue weighted by atomic mass is 10.2. The van der Waals surface area contributed by atoms with Gasteiger partial charge in [0.05, 0.1) is 17.6 Å². The van der Waals surface area contributed by atoms with Gasteiger partial charge in [0, 0.05) is 44.1 Å². The number of aromatic amines is 1. The van der Waals surface area contributed by atoms with Gasteiger partial charge in [0.2, 0.25) is 0 Å². The maximum atomic E-state index is 4.33. The van der Waals surface area contributed by atoms with Crippen molar-refractivity contribution in [3.05, 3.63) is 30.7 Å². The summed E-state index contributed by atoms with van der Waals surface area (Å²) in [6.45, 7) is 4.33. The molecule has 0 aromatic carbocycles. The molecule has 0 spiro atoms. The van der Waals surface area contributed by atoms with Crippen LogP contribution in [0.1, 0.15) is 0 Å². The first kappa shape index (κ1) is 11.2. The van der Waals surface area contributed by atoms with Crippen LogP contribution in [-0.2, 0) is 0 Å². The van der Waals surface area contributed by atoms with E-state index in [1.807, 2.05) is 18.5 Å². The summed E-state index contributed by atoms with van der Waals surface area (Å²) in [5, 5.41) is 6.95. The third-order valence-electron chi connectivity index (χ3n) is 3.40. The first-order chi connectivity index (χ1) is 8.83. The van der Waals surface area contributed by atoms with Crippen LogP contribution >= 0.6 is 0 Å². The van der Waals surface area contributed by atoms with Crippen molar-refractivity contribution < 1.29 is 0 Å². The van der Waals surface area contributed by atoms with Gasteiger partial charge in [0.25, 0.3) is 0 Å². The molecule has 2 aromatic heterocycles. The molecule has 5 nitrogen and oxygen atoms in total. The third-order valence-corrected chi connectivity index (χ3v) is 3.40. The van der Waals surface area contributed by atoms with Crippen LogP contribution < -0.4 is 4.90 Å². The molecule has 3 rings (SSSR count). The Hall–Kier alpha value is -1.88. The zero-order valence-electron chi connectivity index (χ0n) is 10.5. The summed E-state index contributed by atoms with van der Waals surface area (Å²) in [7, 11) is 2.16. The summed E-state index contributed by atoms with van der Waals surface area (Å²) in [5.74, 6) is 0. The summed E-state index contributed by atoms with van der Waals surface area (Å²) in [6.07, 6.45) is 5.57. The molecule has 0 aliphatic carbocycles. The van der Waals surface area contributed by atoms with Crippen LogP contribution in [0.4, 0.5) is 5.69 Å². The predicted octanol–water partition coefficient (Wildman–Crippen LogP) is 1.22. The predicted molar refractivity (Wildman–Crippen MR) is 71.5 cm³/mol. The van der Waals surface area contributed by atoms with E-state index in [1.165, 1.54) is 5.69 Å². The Bertz CT molecular complexity index is 500. The van der Waals surface area contributed by atoms with Crippen molar-refractivity contribution in [1.29, 1.82) is 0 Å². The van der Waals surface area contributed by atoms with Crippen molar-refractivity contribution in [1.82, 2.24) is 20.1 Å². The Kier molecular flexibility index (Phi) is 2.98. The molecule has 0 radical (unpaired) electrons. The molecule has 1 fully saturated rings. The third kappa shape index (κ3) is 2.22. The number of nitrogens with one attached hydrogen (secondary N) is 1. The molecule has 3 heterocycles. The molecular weight excluding hydrogens is 226 g/mol. The first-order valence-electron chi connectivity index (χ1n) is 6.21. The molecule has 1 saturated heterocycles. The number of anilines is 1. The van der Waals surface area contributed by atoms with Gasteiger partial charge in [-0.1, -0.05) is 0 Å². The van der Waals surface area contributed by atoms with Crippen molar-refractivity contribution in [2.24, 2.45) is 0 Å². The Balaban J connectivity index is 1.83. The number of pyridine rings is 1. The summed E-state index contributed by atoms with van der Waals surface area (Å²) < 4.78 is 0. The van der Waals surface area contributed by atoms with E-state index in [1.54, 1.807) is 6.20 Å². The van der Waals surface area contributed by atoms with E-state index in [2.05, 4.69) is 38.1 Å². The minimum atomic E-state index is 1.01. The van der Waals surface area contributed by atoms with Crippen LogP contribution in [0.5, 0.6) is 0 Å². The monoisotopic (exact) mass is 243 g/mol. The molecule has 0 atom stereocenters. The highest BCUT2D eigenvalue weighted by molar-refractivity contribution is 5.63. The van der Waals surface area contributed by atoms with Crippen molar-refractivity contribution in [2.75, 3.05) is 38.1 Å². The number of hydrogen-bond donors (Lipinski definition) is 1. The second-order valence-corrected chi connectivity index (χ2v) is 4.69. The minimum absolute atomic E-state index is 1.01. The van der Waals surface area contributed by atoms with Gasteiger partial charge >= 0.3 is 0 Å². The smallest absolute Gasteiger partial charge is 0.0666 e. The Morgan fingerprint density at radius 3 is 2.72 bits per heavy atom. The van der Waals surface area contributed by atoms with E-state index in [0.29, 0.717) is 0 Å². The fourth-order valence-electron chi connectivity index (χ4n) is 2.23. The lowest BCUT2D eigenvalue weighted by Crippen LogP contribution is -2.44. The van der Waals surface area contributed by atoms with Crippen LogP contribution in [0.25, 0.3) is 11.3 Å². The molecule has 1 aliphatic heterocycles. The van der Waals surface area contributed by atoms with Gasteiger partial charge in [0.15, 0.2) is 0 Å². The highest BCUT2D eigenvalue weighted by atomic mass is 15.2. The van der Waals surface area contributed by atoms with Crippen molar-refractivity contribution in [2.45, 2.75) is 0 Å². The fraction of sp³-hybridized carbons (Fsp3) is 0.385. The number of piperazine rings is 1. The topological polar surface area (TPSA) is 48.1 Å². The van der Waals surface area contributed by atoms with Crippen LogP contribution in [-0.4, -0.2) is 53.3 Å². The molecule has 18 heavy (non-hydrogen) atoms. The minimum Gasteiger partial charge on any atom is -0.368 e. The van der Waals surface area contributed by atoms with Crippen LogP contribution in [0.2, 0.25) is 0 Å². The van der Waals surface area contributed by atoms with E-state index >= 15 is 0 Å². The number of nitrogens with zero attached hydrogens (tertiary/aromatic N) is 4. The van der Waals surface area contributed by atoms with Gasteiger partial charge in [-0.15, -0.1) is 0 Å². The molecule has 0 unspecified atom stereocenters. The quantitative estimate of drug-likeness (QED) is 0.861. The van der Waals surface area contributed by atoms with Crippen LogP contribution in [0.15, 0.2) is 30.7 Å². The second-order valence-electron chi connectivity index (χ2n) is 4.69. The van der Waals surface area contributed by atoms with Crippen molar-refractivity contribution in [3.8, 4) is 11.3 Å². The lowest BCUT2D eigenvalue weighted by molar-refractivity contribution is 0.313. The largest absolute Gasteiger partial charge is 0.368 e. The maximum Gasteiger partial charge on any atom is 0.0666 e. The van der Waals surface area contributed by atoms with Crippen LogP contribution in [0.3, 0.4) is 0 Å². The van der Waals surface area contributed by atoms with Gasteiger partial charge in [-0.05, 0) is 19.2 Å². The van der Waals surface area contributed by atoms with Crippen LogP contribution in [0, 0.1) is 0 Å². The second kappa shape index (κ2) is 4.78. The number of rotatable bonds is 2. The fourth-order valence-corrected chi connectivity index (χ4v) is 2.23. The number of likely N-dealkylation sites (N-methyl/N-ethyl adjacent to an activating group) is 1. The zero-order chi connectivity index (χ0) is 12.4. The Morgan fingerprint density at radius 1 is 1.17 bits per heavy atom. The average molecular weight is 243 g/mol. The zero-order valence-corrected chi connectivity index (χ0v) is 10.5. The molecule has 1 aliphatic rings. The average Bonchev–Trinajstić information content (AvgIpc) is 2.94. The summed E-state index contributed by atoms with van der Waals surface area (Å²) in [5.41, 5.74) is 3.29. The van der Waals surface area contributed by atoms with Gasteiger partial charge < -0.3 is 9.80 Å². The molecule has 0 amide bonds. The highest BCUT2D eigenvalue weighted by Crippen LogP contribution is 2.22.